The van der Waals surface area contributed by atoms with Crippen molar-refractivity contribution in [2.75, 3.05) is 6.61 Å². The molecule has 3 N–H and O–H groups in total. The van der Waals surface area contributed by atoms with Crippen LogP contribution < -0.4 is 11.1 Å². The Balaban J connectivity index is 1.76. The predicted octanol–water partition coefficient (Wildman–Crippen LogP) is 2.01. The number of hydrogen-bond acceptors (Lipinski definition) is 3. The topological polar surface area (TPSA) is 64.4 Å². The fourth-order valence-electron chi connectivity index (χ4n) is 3.99. The van der Waals surface area contributed by atoms with Crippen LogP contribution in [0.3, 0.4) is 0 Å². The van der Waals surface area contributed by atoms with E-state index < -0.39 is 5.54 Å². The van der Waals surface area contributed by atoms with E-state index in [1.54, 1.807) is 0 Å². The number of benzene rings is 1. The number of rotatable bonds is 3. The van der Waals surface area contributed by atoms with E-state index >= 15 is 0 Å². The molecular formula is C17H24N2O2. The molecule has 1 amide bonds. The molecule has 1 aliphatic heterocycles. The first-order valence-electron chi connectivity index (χ1n) is 7.65. The molecule has 0 aromatic heterocycles. The summed E-state index contributed by atoms with van der Waals surface area (Å²) in [5, 5.41) is 3.09. The summed E-state index contributed by atoms with van der Waals surface area (Å²) >= 11 is 0. The minimum absolute atomic E-state index is 0.0451. The van der Waals surface area contributed by atoms with Gasteiger partial charge in [-0.1, -0.05) is 44.2 Å². The summed E-state index contributed by atoms with van der Waals surface area (Å²) in [7, 11) is 0. The van der Waals surface area contributed by atoms with E-state index in [-0.39, 0.29) is 29.4 Å². The lowest BCUT2D eigenvalue weighted by molar-refractivity contribution is -0.175. The van der Waals surface area contributed by atoms with Gasteiger partial charge in [0.15, 0.2) is 0 Å². The number of carbonyl (C=O) groups excluding carboxylic acids is 1. The molecule has 1 aromatic carbocycles. The van der Waals surface area contributed by atoms with Gasteiger partial charge in [0.2, 0.25) is 5.91 Å². The van der Waals surface area contributed by atoms with E-state index in [9.17, 15) is 4.79 Å². The van der Waals surface area contributed by atoms with Crippen LogP contribution >= 0.6 is 0 Å². The molecule has 1 saturated carbocycles. The molecule has 2 fully saturated rings. The van der Waals surface area contributed by atoms with Crippen molar-refractivity contribution in [3.8, 4) is 0 Å². The van der Waals surface area contributed by atoms with Gasteiger partial charge < -0.3 is 15.8 Å². The Morgan fingerprint density at radius 3 is 2.71 bits per heavy atom. The highest BCUT2D eigenvalue weighted by Gasteiger charge is 2.71. The molecule has 1 saturated heterocycles. The predicted molar refractivity (Wildman–Crippen MR) is 81.5 cm³/mol. The Morgan fingerprint density at radius 1 is 1.38 bits per heavy atom. The summed E-state index contributed by atoms with van der Waals surface area (Å²) in [6.07, 6.45) is 0.984. The zero-order valence-electron chi connectivity index (χ0n) is 12.9. The lowest BCUT2D eigenvalue weighted by Gasteiger charge is -2.60. The molecule has 1 heterocycles. The number of ether oxygens (including phenoxy) is 1. The second kappa shape index (κ2) is 4.82. The first-order chi connectivity index (χ1) is 9.89. The van der Waals surface area contributed by atoms with Crippen molar-refractivity contribution in [1.29, 1.82) is 0 Å². The van der Waals surface area contributed by atoms with E-state index in [2.05, 4.69) is 5.32 Å². The van der Waals surface area contributed by atoms with Gasteiger partial charge >= 0.3 is 0 Å². The van der Waals surface area contributed by atoms with Gasteiger partial charge in [-0.25, -0.2) is 0 Å². The second-order valence-electron chi connectivity index (χ2n) is 6.88. The van der Waals surface area contributed by atoms with Crippen molar-refractivity contribution < 1.29 is 9.53 Å². The molecule has 3 rings (SSSR count). The van der Waals surface area contributed by atoms with Crippen LogP contribution in [0.4, 0.5) is 0 Å². The van der Waals surface area contributed by atoms with Crippen molar-refractivity contribution in [2.24, 2.45) is 17.1 Å². The van der Waals surface area contributed by atoms with Crippen molar-refractivity contribution in [3.05, 3.63) is 35.9 Å². The molecule has 0 radical (unpaired) electrons. The lowest BCUT2D eigenvalue weighted by Crippen LogP contribution is -2.80. The number of amides is 1. The minimum Gasteiger partial charge on any atom is -0.377 e. The zero-order valence-corrected chi connectivity index (χ0v) is 12.9. The summed E-state index contributed by atoms with van der Waals surface area (Å²) in [4.78, 5) is 12.8. The largest absolute Gasteiger partial charge is 0.377 e. The van der Waals surface area contributed by atoms with Crippen LogP contribution in [0.5, 0.6) is 0 Å². The molecule has 1 aromatic rings. The van der Waals surface area contributed by atoms with Crippen LogP contribution in [0.25, 0.3) is 0 Å². The van der Waals surface area contributed by atoms with Crippen LogP contribution in [0.15, 0.2) is 30.3 Å². The van der Waals surface area contributed by atoms with Gasteiger partial charge in [-0.15, -0.1) is 0 Å². The number of carbonyl (C=O) groups is 1. The third-order valence-electron chi connectivity index (χ3n) is 5.48. The van der Waals surface area contributed by atoms with Gasteiger partial charge in [-0.2, -0.15) is 0 Å². The van der Waals surface area contributed by atoms with E-state index in [1.165, 1.54) is 0 Å². The van der Waals surface area contributed by atoms with Gasteiger partial charge in [-0.05, 0) is 18.9 Å². The number of nitrogens with two attached hydrogens (primary N) is 1. The van der Waals surface area contributed by atoms with Crippen LogP contribution in [-0.2, 0) is 9.53 Å². The molecule has 4 atom stereocenters. The summed E-state index contributed by atoms with van der Waals surface area (Å²) in [5.74, 6) is 0.0751. The highest BCUT2D eigenvalue weighted by molar-refractivity contribution is 5.89. The fraction of sp³-hybridized carbons (Fsp3) is 0.588. The molecule has 21 heavy (non-hydrogen) atoms. The van der Waals surface area contributed by atoms with Gasteiger partial charge in [0.25, 0.3) is 0 Å². The van der Waals surface area contributed by atoms with E-state index in [4.69, 9.17) is 10.5 Å². The second-order valence-corrected chi connectivity index (χ2v) is 6.88. The summed E-state index contributed by atoms with van der Waals surface area (Å²) in [6, 6.07) is 9.91. The number of hydrogen-bond donors (Lipinski definition) is 2. The molecule has 3 unspecified atom stereocenters. The highest BCUT2D eigenvalue weighted by Crippen LogP contribution is 2.58. The quantitative estimate of drug-likeness (QED) is 0.894. The monoisotopic (exact) mass is 288 g/mol. The van der Waals surface area contributed by atoms with Crippen molar-refractivity contribution in [3.63, 3.8) is 0 Å². The van der Waals surface area contributed by atoms with Crippen molar-refractivity contribution in [2.45, 2.75) is 44.9 Å². The molecule has 114 valence electrons. The third-order valence-corrected chi connectivity index (χ3v) is 5.48. The maximum Gasteiger partial charge on any atom is 0.241 e. The average molecular weight is 288 g/mol. The molecule has 0 bridgehead atoms. The van der Waals surface area contributed by atoms with Gasteiger partial charge in [0, 0.05) is 17.9 Å². The maximum absolute atomic E-state index is 12.8. The molecule has 4 heteroatoms. The number of nitrogens with one attached hydrogen (secondary N) is 1. The van der Waals surface area contributed by atoms with E-state index in [1.807, 2.05) is 51.1 Å². The summed E-state index contributed by atoms with van der Waals surface area (Å²) in [5.41, 5.74) is 6.47. The van der Waals surface area contributed by atoms with Crippen LogP contribution in [0.1, 0.15) is 38.8 Å². The maximum atomic E-state index is 12.8. The Labute approximate surface area is 126 Å². The average Bonchev–Trinajstić information content (AvgIpc) is 2.95. The third kappa shape index (κ3) is 1.93. The summed E-state index contributed by atoms with van der Waals surface area (Å²) < 4.78 is 5.74. The first-order valence-corrected chi connectivity index (χ1v) is 7.65. The SMILES string of the molecule is C[C@H](NC(=O)C1(N)C2CCOC2C1(C)C)c1ccccc1. The first kappa shape index (κ1) is 14.5. The Morgan fingerprint density at radius 2 is 2.05 bits per heavy atom. The van der Waals surface area contributed by atoms with Gasteiger partial charge in [0.1, 0.15) is 5.54 Å². The highest BCUT2D eigenvalue weighted by atomic mass is 16.5. The molecule has 4 nitrogen and oxygen atoms in total. The molecule has 0 spiro atoms. The minimum atomic E-state index is -0.836. The standard InChI is InChI=1S/C17H24N2O2/c1-11(12-7-5-4-6-8-12)19-15(20)17(18)13-9-10-21-14(13)16(17,2)3/h4-8,11,13-14H,9-10,18H2,1-3H3,(H,19,20)/t11-,13?,14?,17?/m0/s1. The lowest BCUT2D eigenvalue weighted by atomic mass is 9.48. The van der Waals surface area contributed by atoms with Crippen LogP contribution in [0.2, 0.25) is 0 Å². The Hall–Kier alpha value is -1.39. The van der Waals surface area contributed by atoms with Crippen molar-refractivity contribution >= 4 is 5.91 Å². The van der Waals surface area contributed by atoms with Crippen molar-refractivity contribution in [1.82, 2.24) is 5.32 Å². The molecular weight excluding hydrogens is 264 g/mol. The van der Waals surface area contributed by atoms with Gasteiger partial charge in [0.05, 0.1) is 12.1 Å². The van der Waals surface area contributed by atoms with E-state index in [0.29, 0.717) is 6.61 Å². The van der Waals surface area contributed by atoms with E-state index in [0.717, 1.165) is 12.0 Å². The summed E-state index contributed by atoms with van der Waals surface area (Å²) in [6.45, 7) is 6.77. The van der Waals surface area contributed by atoms with Crippen LogP contribution in [0, 0.1) is 11.3 Å². The smallest absolute Gasteiger partial charge is 0.241 e. The molecule has 2 aliphatic rings. The molecule has 1 aliphatic carbocycles. The Bertz CT molecular complexity index is 543. The van der Waals surface area contributed by atoms with Gasteiger partial charge in [-0.3, -0.25) is 4.79 Å². The normalized spacial score (nSPS) is 34.7. The fourth-order valence-corrected chi connectivity index (χ4v) is 3.99. The van der Waals surface area contributed by atoms with Crippen LogP contribution in [-0.4, -0.2) is 24.2 Å². The number of fused-ring (bicyclic) bond motifs is 1. The Kier molecular flexibility index (Phi) is 3.34. The zero-order chi connectivity index (χ0) is 15.3.